The summed E-state index contributed by atoms with van der Waals surface area (Å²) in [6, 6.07) is 16.9. The van der Waals surface area contributed by atoms with Gasteiger partial charge in [-0.1, -0.05) is 41.6 Å². The van der Waals surface area contributed by atoms with Crippen LogP contribution in [0.3, 0.4) is 0 Å². The van der Waals surface area contributed by atoms with E-state index in [1.807, 2.05) is 77.2 Å². The fraction of sp³-hybridized carbons (Fsp3) is 0.136. The number of carbonyl (C=O) groups is 1. The zero-order valence-corrected chi connectivity index (χ0v) is 18.5. The average molecular weight is 454 g/mol. The minimum absolute atomic E-state index is 0.157. The zero-order valence-electron chi connectivity index (χ0n) is 16.9. The number of hydrogen-bond acceptors (Lipinski definition) is 5. The van der Waals surface area contributed by atoms with Crippen LogP contribution in [0.4, 0.5) is 5.69 Å². The fourth-order valence-electron chi connectivity index (χ4n) is 2.96. The topological polar surface area (TPSA) is 74.0 Å². The van der Waals surface area contributed by atoms with Gasteiger partial charge < -0.3 is 10.1 Å². The molecule has 2 heterocycles. The highest BCUT2D eigenvalue weighted by atomic mass is 35.5. The van der Waals surface area contributed by atoms with Crippen molar-refractivity contribution in [2.24, 2.45) is 0 Å². The van der Waals surface area contributed by atoms with Gasteiger partial charge in [0.2, 0.25) is 11.1 Å². The number of benzene rings is 2. The highest BCUT2D eigenvalue weighted by molar-refractivity contribution is 7.99. The van der Waals surface area contributed by atoms with Gasteiger partial charge in [0.15, 0.2) is 5.82 Å². The number of amides is 1. The largest absolute Gasteiger partial charge is 0.497 e. The van der Waals surface area contributed by atoms with Crippen LogP contribution in [0.5, 0.6) is 5.75 Å². The van der Waals surface area contributed by atoms with Crippen molar-refractivity contribution in [2.45, 2.75) is 12.1 Å². The third-order valence-electron chi connectivity index (χ3n) is 4.55. The van der Waals surface area contributed by atoms with Crippen LogP contribution in [0.15, 0.2) is 72.1 Å². The maximum Gasteiger partial charge on any atom is 0.234 e. The second-order valence-corrected chi connectivity index (χ2v) is 8.06. The first-order valence-corrected chi connectivity index (χ1v) is 10.8. The van der Waals surface area contributed by atoms with Crippen molar-refractivity contribution in [3.8, 4) is 17.1 Å². The normalized spacial score (nSPS) is 10.8. The van der Waals surface area contributed by atoms with Crippen LogP contribution >= 0.6 is 23.4 Å². The molecule has 0 bridgehead atoms. The van der Waals surface area contributed by atoms with Gasteiger partial charge in [-0.3, -0.25) is 9.47 Å². The van der Waals surface area contributed by atoms with Crippen molar-refractivity contribution in [3.05, 3.63) is 77.6 Å². The molecule has 0 fully saturated rings. The molecule has 0 unspecified atom stereocenters. The van der Waals surface area contributed by atoms with E-state index in [1.165, 1.54) is 11.8 Å². The van der Waals surface area contributed by atoms with Gasteiger partial charge in [0.05, 0.1) is 12.9 Å². The van der Waals surface area contributed by atoms with Gasteiger partial charge in [0, 0.05) is 28.7 Å². The Morgan fingerprint density at radius 2 is 1.94 bits per heavy atom. The molecule has 1 amide bonds. The summed E-state index contributed by atoms with van der Waals surface area (Å²) in [7, 11) is 1.62. The second kappa shape index (κ2) is 9.28. The monoisotopic (exact) mass is 453 g/mol. The van der Waals surface area contributed by atoms with Gasteiger partial charge in [-0.05, 0) is 48.9 Å². The minimum Gasteiger partial charge on any atom is -0.497 e. The molecule has 0 atom stereocenters. The average Bonchev–Trinajstić information content (AvgIpc) is 3.44. The Hall–Kier alpha value is -3.23. The predicted molar refractivity (Wildman–Crippen MR) is 123 cm³/mol. The number of aryl methyl sites for hydroxylation is 1. The molecule has 2 aromatic heterocycles. The Balaban J connectivity index is 1.56. The molecule has 0 aliphatic heterocycles. The van der Waals surface area contributed by atoms with E-state index >= 15 is 0 Å². The smallest absolute Gasteiger partial charge is 0.234 e. The summed E-state index contributed by atoms with van der Waals surface area (Å²) in [6.45, 7) is 1.91. The van der Waals surface area contributed by atoms with Gasteiger partial charge in [-0.25, -0.2) is 4.68 Å². The lowest BCUT2D eigenvalue weighted by Gasteiger charge is -2.12. The van der Waals surface area contributed by atoms with E-state index in [2.05, 4.69) is 15.5 Å². The third kappa shape index (κ3) is 4.76. The molecule has 4 aromatic rings. The first-order valence-electron chi connectivity index (χ1n) is 9.47. The van der Waals surface area contributed by atoms with Crippen molar-refractivity contribution in [2.75, 3.05) is 18.2 Å². The number of rotatable bonds is 7. The summed E-state index contributed by atoms with van der Waals surface area (Å²) in [5.74, 6) is 1.38. The first kappa shape index (κ1) is 21.0. The van der Waals surface area contributed by atoms with Gasteiger partial charge in [-0.2, -0.15) is 0 Å². The third-order valence-corrected chi connectivity index (χ3v) is 5.87. The molecule has 0 aliphatic carbocycles. The van der Waals surface area contributed by atoms with Gasteiger partial charge in [0.25, 0.3) is 0 Å². The maximum absolute atomic E-state index is 12.5. The Morgan fingerprint density at radius 1 is 1.13 bits per heavy atom. The lowest BCUT2D eigenvalue weighted by atomic mass is 10.2. The maximum atomic E-state index is 12.5. The van der Waals surface area contributed by atoms with Gasteiger partial charge in [-0.15, -0.1) is 10.2 Å². The second-order valence-electron chi connectivity index (χ2n) is 6.71. The highest BCUT2D eigenvalue weighted by Gasteiger charge is 2.17. The molecule has 1 N–H and O–H groups in total. The standard InChI is InChI=1S/C22H20ClN5O2S/c1-15-8-9-17(13-19(15)23)24-20(29)14-31-22-26-25-21(28(22)27-10-3-4-11-27)16-6-5-7-18(12-16)30-2/h3-13H,14H2,1-2H3,(H,24,29). The van der Waals surface area contributed by atoms with E-state index in [1.54, 1.807) is 13.2 Å². The van der Waals surface area contributed by atoms with Gasteiger partial charge >= 0.3 is 0 Å². The zero-order chi connectivity index (χ0) is 21.8. The van der Waals surface area contributed by atoms with Crippen molar-refractivity contribution in [1.82, 2.24) is 19.5 Å². The van der Waals surface area contributed by atoms with E-state index in [-0.39, 0.29) is 11.7 Å². The molecule has 7 nitrogen and oxygen atoms in total. The number of thioether (sulfide) groups is 1. The Labute approximate surface area is 189 Å². The lowest BCUT2D eigenvalue weighted by molar-refractivity contribution is -0.113. The van der Waals surface area contributed by atoms with Crippen LogP contribution in [0.25, 0.3) is 11.4 Å². The van der Waals surface area contributed by atoms with E-state index in [9.17, 15) is 4.79 Å². The van der Waals surface area contributed by atoms with E-state index in [4.69, 9.17) is 16.3 Å². The Morgan fingerprint density at radius 3 is 2.68 bits per heavy atom. The quantitative estimate of drug-likeness (QED) is 0.408. The van der Waals surface area contributed by atoms with Crippen LogP contribution in [-0.2, 0) is 4.79 Å². The summed E-state index contributed by atoms with van der Waals surface area (Å²) >= 11 is 7.44. The number of aromatic nitrogens is 4. The Kier molecular flexibility index (Phi) is 6.29. The number of nitrogens with one attached hydrogen (secondary N) is 1. The molecule has 4 rings (SSSR count). The number of ether oxygens (including phenoxy) is 1. The summed E-state index contributed by atoms with van der Waals surface area (Å²) in [6.07, 6.45) is 3.79. The number of nitrogens with zero attached hydrogens (tertiary/aromatic N) is 4. The van der Waals surface area contributed by atoms with Crippen molar-refractivity contribution in [3.63, 3.8) is 0 Å². The van der Waals surface area contributed by atoms with E-state index in [0.29, 0.717) is 21.7 Å². The molecule has 2 aromatic carbocycles. The molecular formula is C22H20ClN5O2S. The van der Waals surface area contributed by atoms with Crippen LogP contribution in [0.1, 0.15) is 5.56 Å². The molecule has 31 heavy (non-hydrogen) atoms. The number of halogens is 1. The summed E-state index contributed by atoms with van der Waals surface area (Å²) < 4.78 is 9.06. The summed E-state index contributed by atoms with van der Waals surface area (Å²) in [4.78, 5) is 12.5. The number of methoxy groups -OCH3 is 1. The highest BCUT2D eigenvalue weighted by Crippen LogP contribution is 2.27. The van der Waals surface area contributed by atoms with Gasteiger partial charge in [0.1, 0.15) is 5.75 Å². The van der Waals surface area contributed by atoms with Crippen LogP contribution in [0, 0.1) is 6.92 Å². The molecule has 158 valence electrons. The van der Waals surface area contributed by atoms with E-state index in [0.717, 1.165) is 16.9 Å². The number of anilines is 1. The molecule has 0 saturated heterocycles. The van der Waals surface area contributed by atoms with E-state index < -0.39 is 0 Å². The number of carbonyl (C=O) groups excluding carboxylic acids is 1. The Bertz CT molecular complexity index is 1210. The van der Waals surface area contributed by atoms with Crippen molar-refractivity contribution in [1.29, 1.82) is 0 Å². The van der Waals surface area contributed by atoms with Crippen molar-refractivity contribution < 1.29 is 9.53 Å². The minimum atomic E-state index is -0.157. The molecule has 9 heteroatoms. The molecular weight excluding hydrogens is 434 g/mol. The number of hydrogen-bond donors (Lipinski definition) is 1. The van der Waals surface area contributed by atoms with Crippen LogP contribution < -0.4 is 10.1 Å². The molecule has 0 spiro atoms. The SMILES string of the molecule is COc1cccc(-c2nnc(SCC(=O)Nc3ccc(C)c(Cl)c3)n2-n2cccc2)c1. The summed E-state index contributed by atoms with van der Waals surface area (Å²) in [5, 5.41) is 12.8. The van der Waals surface area contributed by atoms with Crippen LogP contribution in [-0.4, -0.2) is 38.3 Å². The molecule has 0 saturated carbocycles. The molecule has 0 radical (unpaired) electrons. The fourth-order valence-corrected chi connectivity index (χ4v) is 3.88. The predicted octanol–water partition coefficient (Wildman–Crippen LogP) is 4.76. The molecule has 0 aliphatic rings. The van der Waals surface area contributed by atoms with Crippen LogP contribution in [0.2, 0.25) is 5.02 Å². The summed E-state index contributed by atoms with van der Waals surface area (Å²) in [5.41, 5.74) is 2.47. The van der Waals surface area contributed by atoms with Crippen molar-refractivity contribution >= 4 is 35.0 Å². The lowest BCUT2D eigenvalue weighted by Crippen LogP contribution is -2.16. The first-order chi connectivity index (χ1) is 15.0.